The Bertz CT molecular complexity index is 287. The summed E-state index contributed by atoms with van der Waals surface area (Å²) in [5, 5.41) is 3.59. The number of nitrogens with one attached hydrogen (secondary N) is 1. The zero-order chi connectivity index (χ0) is 13.9. The molecule has 20 heavy (non-hydrogen) atoms. The van der Waals surface area contributed by atoms with Gasteiger partial charge in [-0.25, -0.2) is 0 Å². The van der Waals surface area contributed by atoms with Gasteiger partial charge < -0.3 is 10.2 Å². The largest absolute Gasteiger partial charge is 0.316 e. The zero-order valence-corrected chi connectivity index (χ0v) is 13.5. The molecule has 3 heterocycles. The first kappa shape index (κ1) is 14.8. The fraction of sp³-hybridized carbons (Fsp3) is 1.00. The van der Waals surface area contributed by atoms with Gasteiger partial charge in [-0.2, -0.15) is 0 Å². The number of hydrogen-bond acceptors (Lipinski definition) is 3. The van der Waals surface area contributed by atoms with E-state index in [-0.39, 0.29) is 0 Å². The third kappa shape index (κ3) is 3.20. The first-order valence-electron chi connectivity index (χ1n) is 8.94. The van der Waals surface area contributed by atoms with Crippen LogP contribution in [0.5, 0.6) is 0 Å². The van der Waals surface area contributed by atoms with Crippen molar-refractivity contribution in [1.29, 1.82) is 0 Å². The summed E-state index contributed by atoms with van der Waals surface area (Å²) in [6, 6.07) is 2.62. The van der Waals surface area contributed by atoms with Crippen LogP contribution in [0.15, 0.2) is 0 Å². The maximum absolute atomic E-state index is 3.59. The van der Waals surface area contributed by atoms with Crippen molar-refractivity contribution in [2.75, 3.05) is 33.2 Å². The van der Waals surface area contributed by atoms with Crippen molar-refractivity contribution >= 4 is 0 Å². The molecule has 3 saturated heterocycles. The average Bonchev–Trinajstić information content (AvgIpc) is 2.69. The van der Waals surface area contributed by atoms with Gasteiger partial charge in [0.1, 0.15) is 0 Å². The maximum Gasteiger partial charge on any atom is 0.0125 e. The van der Waals surface area contributed by atoms with Gasteiger partial charge in [0.25, 0.3) is 0 Å². The maximum atomic E-state index is 3.59. The minimum Gasteiger partial charge on any atom is -0.316 e. The van der Waals surface area contributed by atoms with E-state index in [0.717, 1.165) is 24.0 Å². The van der Waals surface area contributed by atoms with E-state index in [1.807, 2.05) is 0 Å². The Kier molecular flexibility index (Phi) is 5.00. The van der Waals surface area contributed by atoms with Gasteiger partial charge in [-0.3, -0.25) is 4.90 Å². The number of hydrogen-bond donors (Lipinski definition) is 1. The van der Waals surface area contributed by atoms with Crippen LogP contribution < -0.4 is 5.32 Å². The fourth-order valence-electron chi connectivity index (χ4n) is 4.80. The van der Waals surface area contributed by atoms with Crippen molar-refractivity contribution in [3.63, 3.8) is 0 Å². The fourth-order valence-corrected chi connectivity index (χ4v) is 4.80. The summed E-state index contributed by atoms with van der Waals surface area (Å²) in [4.78, 5) is 5.53. The zero-order valence-electron chi connectivity index (χ0n) is 13.5. The van der Waals surface area contributed by atoms with E-state index in [9.17, 15) is 0 Å². The van der Waals surface area contributed by atoms with Crippen LogP contribution >= 0.6 is 0 Å². The van der Waals surface area contributed by atoms with Gasteiger partial charge in [0.05, 0.1) is 0 Å². The first-order valence-corrected chi connectivity index (χ1v) is 8.94. The lowest BCUT2D eigenvalue weighted by Gasteiger charge is -2.43. The van der Waals surface area contributed by atoms with E-state index in [4.69, 9.17) is 0 Å². The minimum atomic E-state index is 0.866. The van der Waals surface area contributed by atoms with Crippen molar-refractivity contribution in [2.24, 2.45) is 5.92 Å². The quantitative estimate of drug-likeness (QED) is 0.833. The molecule has 0 saturated carbocycles. The summed E-state index contributed by atoms with van der Waals surface area (Å²) in [6.07, 6.45) is 9.86. The van der Waals surface area contributed by atoms with Crippen molar-refractivity contribution in [1.82, 2.24) is 15.1 Å². The van der Waals surface area contributed by atoms with Crippen LogP contribution in [0.25, 0.3) is 0 Å². The normalized spacial score (nSPS) is 38.5. The van der Waals surface area contributed by atoms with Gasteiger partial charge >= 0.3 is 0 Å². The molecule has 0 aliphatic carbocycles. The predicted molar refractivity (Wildman–Crippen MR) is 85.1 cm³/mol. The second kappa shape index (κ2) is 6.76. The molecule has 1 N–H and O–H groups in total. The van der Waals surface area contributed by atoms with Crippen molar-refractivity contribution in [3.8, 4) is 0 Å². The molecule has 3 unspecified atom stereocenters. The van der Waals surface area contributed by atoms with Gasteiger partial charge in [0.15, 0.2) is 0 Å². The van der Waals surface area contributed by atoms with Crippen LogP contribution in [0.4, 0.5) is 0 Å². The van der Waals surface area contributed by atoms with Gasteiger partial charge in [-0.05, 0) is 77.5 Å². The Balaban J connectivity index is 1.58. The Morgan fingerprint density at radius 3 is 2.50 bits per heavy atom. The molecule has 3 nitrogen and oxygen atoms in total. The standard InChI is InChI=1S/C17H33N3/c1-3-9-20(13-14-5-4-8-18-12-14)17-10-15-6-7-16(11-17)19(15)2/h14-18H,3-13H2,1-2H3. The Hall–Kier alpha value is -0.120. The molecule has 2 bridgehead atoms. The molecule has 0 spiro atoms. The average molecular weight is 279 g/mol. The Labute approximate surface area is 125 Å². The molecule has 3 rings (SSSR count). The van der Waals surface area contributed by atoms with Crippen LogP contribution in [0.3, 0.4) is 0 Å². The predicted octanol–water partition coefficient (Wildman–Crippen LogP) is 2.32. The van der Waals surface area contributed by atoms with Crippen LogP contribution in [0.2, 0.25) is 0 Å². The van der Waals surface area contributed by atoms with Crippen LogP contribution in [-0.2, 0) is 0 Å². The first-order chi connectivity index (χ1) is 9.78. The van der Waals surface area contributed by atoms with E-state index < -0.39 is 0 Å². The molecule has 3 aliphatic heterocycles. The van der Waals surface area contributed by atoms with Gasteiger partial charge in [0, 0.05) is 24.7 Å². The van der Waals surface area contributed by atoms with Crippen LogP contribution in [0, 0.1) is 5.92 Å². The second-order valence-corrected chi connectivity index (χ2v) is 7.38. The summed E-state index contributed by atoms with van der Waals surface area (Å²) in [5.74, 6) is 0.896. The van der Waals surface area contributed by atoms with Crippen molar-refractivity contribution in [2.45, 2.75) is 70.0 Å². The number of nitrogens with zero attached hydrogens (tertiary/aromatic N) is 2. The summed E-state index contributed by atoms with van der Waals surface area (Å²) >= 11 is 0. The molecular weight excluding hydrogens is 246 g/mol. The Morgan fingerprint density at radius 1 is 1.15 bits per heavy atom. The van der Waals surface area contributed by atoms with Crippen molar-refractivity contribution in [3.05, 3.63) is 0 Å². The highest BCUT2D eigenvalue weighted by atomic mass is 15.2. The van der Waals surface area contributed by atoms with E-state index in [0.29, 0.717) is 0 Å². The van der Waals surface area contributed by atoms with Crippen molar-refractivity contribution < 1.29 is 0 Å². The Morgan fingerprint density at radius 2 is 1.90 bits per heavy atom. The third-order valence-electron chi connectivity index (χ3n) is 5.99. The van der Waals surface area contributed by atoms with E-state index >= 15 is 0 Å². The minimum absolute atomic E-state index is 0.866. The lowest BCUT2D eigenvalue weighted by Crippen LogP contribution is -2.51. The molecule has 0 aromatic heterocycles. The van der Waals surface area contributed by atoms with Gasteiger partial charge in [-0.15, -0.1) is 0 Å². The molecule has 3 heteroatoms. The smallest absolute Gasteiger partial charge is 0.0125 e. The molecule has 0 aromatic carbocycles. The molecule has 116 valence electrons. The number of rotatable bonds is 5. The third-order valence-corrected chi connectivity index (χ3v) is 5.99. The topological polar surface area (TPSA) is 18.5 Å². The lowest BCUT2D eigenvalue weighted by molar-refractivity contribution is 0.0623. The highest BCUT2D eigenvalue weighted by molar-refractivity contribution is 4.97. The highest BCUT2D eigenvalue weighted by Gasteiger charge is 2.40. The molecule has 3 aliphatic rings. The number of piperidine rings is 2. The van der Waals surface area contributed by atoms with Crippen LogP contribution in [0.1, 0.15) is 51.9 Å². The molecule has 0 amide bonds. The van der Waals surface area contributed by atoms with E-state index in [2.05, 4.69) is 29.1 Å². The van der Waals surface area contributed by atoms with Crippen LogP contribution in [-0.4, -0.2) is 61.2 Å². The number of fused-ring (bicyclic) bond motifs is 2. The summed E-state index contributed by atoms with van der Waals surface area (Å²) in [6.45, 7) is 7.48. The van der Waals surface area contributed by atoms with Gasteiger partial charge in [0.2, 0.25) is 0 Å². The SMILES string of the molecule is CCCN(CC1CCCNC1)C1CC2CCC(C1)N2C. The van der Waals surface area contributed by atoms with E-state index in [1.54, 1.807) is 0 Å². The molecular formula is C17H33N3. The summed E-state index contributed by atoms with van der Waals surface area (Å²) in [5.41, 5.74) is 0. The molecule has 3 fully saturated rings. The summed E-state index contributed by atoms with van der Waals surface area (Å²) < 4.78 is 0. The molecule has 3 atom stereocenters. The monoisotopic (exact) mass is 279 g/mol. The molecule has 0 radical (unpaired) electrons. The lowest BCUT2D eigenvalue weighted by atomic mass is 9.93. The highest BCUT2D eigenvalue weighted by Crippen LogP contribution is 2.36. The second-order valence-electron chi connectivity index (χ2n) is 7.38. The molecule has 0 aromatic rings. The summed E-state index contributed by atoms with van der Waals surface area (Å²) in [7, 11) is 2.35. The van der Waals surface area contributed by atoms with E-state index in [1.165, 1.54) is 71.1 Å². The van der Waals surface area contributed by atoms with Gasteiger partial charge in [-0.1, -0.05) is 6.92 Å².